The molecule has 0 spiro atoms. The lowest BCUT2D eigenvalue weighted by molar-refractivity contribution is 0.269. The largest absolute Gasteiger partial charge is 0.490 e. The Morgan fingerprint density at radius 1 is 0.862 bits per heavy atom. The molecule has 0 aromatic heterocycles. The van der Waals surface area contributed by atoms with Gasteiger partial charge in [0.05, 0.1) is 18.2 Å². The molecular formula is C26H25NO2. The quantitative estimate of drug-likeness (QED) is 0.353. The summed E-state index contributed by atoms with van der Waals surface area (Å²) in [4.78, 5) is 0. The van der Waals surface area contributed by atoms with Gasteiger partial charge in [-0.1, -0.05) is 65.7 Å². The maximum atomic E-state index is 9.59. The van der Waals surface area contributed by atoms with Crippen LogP contribution >= 0.6 is 0 Å². The number of nitriles is 1. The molecule has 0 aliphatic rings. The Hall–Kier alpha value is -3.51. The van der Waals surface area contributed by atoms with Gasteiger partial charge in [-0.25, -0.2) is 0 Å². The number of benzene rings is 3. The van der Waals surface area contributed by atoms with E-state index in [1.165, 1.54) is 11.1 Å². The van der Waals surface area contributed by atoms with Crippen LogP contribution in [0.1, 0.15) is 34.7 Å². The first kappa shape index (κ1) is 20.2. The molecule has 0 unspecified atom stereocenters. The number of hydrogen-bond acceptors (Lipinski definition) is 3. The zero-order valence-electron chi connectivity index (χ0n) is 17.1. The third-order valence-electron chi connectivity index (χ3n) is 4.58. The Balaban J connectivity index is 1.83. The minimum absolute atomic E-state index is 0.475. The maximum absolute atomic E-state index is 9.59. The fraction of sp³-hybridized carbons (Fsp3) is 0.192. The van der Waals surface area contributed by atoms with E-state index in [0.29, 0.717) is 30.3 Å². The van der Waals surface area contributed by atoms with Gasteiger partial charge in [0, 0.05) is 0 Å². The van der Waals surface area contributed by atoms with Gasteiger partial charge in [0.15, 0.2) is 11.5 Å². The summed E-state index contributed by atoms with van der Waals surface area (Å²) >= 11 is 0. The first-order chi connectivity index (χ1) is 14.1. The van der Waals surface area contributed by atoms with Gasteiger partial charge in [0.25, 0.3) is 0 Å². The van der Waals surface area contributed by atoms with Gasteiger partial charge >= 0.3 is 0 Å². The molecule has 3 heteroatoms. The van der Waals surface area contributed by atoms with E-state index in [-0.39, 0.29) is 0 Å². The van der Waals surface area contributed by atoms with Gasteiger partial charge in [-0.3, -0.25) is 0 Å². The zero-order chi connectivity index (χ0) is 20.6. The van der Waals surface area contributed by atoms with E-state index in [9.17, 15) is 5.26 Å². The van der Waals surface area contributed by atoms with E-state index in [4.69, 9.17) is 9.47 Å². The van der Waals surface area contributed by atoms with Crippen molar-refractivity contribution in [3.05, 3.63) is 94.5 Å². The third kappa shape index (κ3) is 5.49. The summed E-state index contributed by atoms with van der Waals surface area (Å²) in [6, 6.07) is 24.3. The van der Waals surface area contributed by atoms with Gasteiger partial charge in [-0.2, -0.15) is 5.26 Å². The molecule has 0 heterocycles. The van der Waals surface area contributed by atoms with Gasteiger partial charge in [0.2, 0.25) is 0 Å². The van der Waals surface area contributed by atoms with Gasteiger partial charge in [-0.15, -0.1) is 0 Å². The van der Waals surface area contributed by atoms with E-state index in [2.05, 4.69) is 37.3 Å². The number of ether oxygens (including phenoxy) is 2. The first-order valence-corrected chi connectivity index (χ1v) is 9.73. The molecule has 0 bridgehead atoms. The minimum Gasteiger partial charge on any atom is -0.490 e. The Morgan fingerprint density at radius 3 is 2.14 bits per heavy atom. The molecule has 146 valence electrons. The highest BCUT2D eigenvalue weighted by Crippen LogP contribution is 2.31. The summed E-state index contributed by atoms with van der Waals surface area (Å²) in [7, 11) is 0. The van der Waals surface area contributed by atoms with Crippen LogP contribution in [0, 0.1) is 25.2 Å². The Morgan fingerprint density at radius 2 is 1.52 bits per heavy atom. The second kappa shape index (κ2) is 9.61. The Kier molecular flexibility index (Phi) is 6.71. The van der Waals surface area contributed by atoms with Crippen molar-refractivity contribution in [2.75, 3.05) is 6.61 Å². The van der Waals surface area contributed by atoms with Crippen LogP contribution in [0.15, 0.2) is 66.7 Å². The standard InChI is InChI=1S/C26H25NO2/c1-4-28-26-16-22(15-24(17-27)23-12-7-20(3)8-13-23)11-14-25(26)29-18-21-9-5-19(2)6-10-21/h5-16H,4,18H2,1-3H3/b24-15+. The average Bonchev–Trinajstić information content (AvgIpc) is 2.73. The highest BCUT2D eigenvalue weighted by atomic mass is 16.5. The van der Waals surface area contributed by atoms with Gasteiger partial charge in [0.1, 0.15) is 6.61 Å². The van der Waals surface area contributed by atoms with Crippen molar-refractivity contribution in [2.24, 2.45) is 0 Å². The topological polar surface area (TPSA) is 42.2 Å². The number of allylic oxidation sites excluding steroid dienone is 1. The van der Waals surface area contributed by atoms with Gasteiger partial charge in [-0.05, 0) is 55.7 Å². The zero-order valence-corrected chi connectivity index (χ0v) is 17.1. The molecule has 0 N–H and O–H groups in total. The van der Waals surface area contributed by atoms with Crippen molar-refractivity contribution >= 4 is 11.6 Å². The van der Waals surface area contributed by atoms with Crippen LogP contribution in [0.3, 0.4) is 0 Å². The van der Waals surface area contributed by atoms with E-state index in [1.807, 2.05) is 62.4 Å². The number of hydrogen-bond donors (Lipinski definition) is 0. The van der Waals surface area contributed by atoms with Crippen LogP contribution in [-0.2, 0) is 6.61 Å². The molecule has 3 aromatic carbocycles. The predicted molar refractivity (Wildman–Crippen MR) is 118 cm³/mol. The monoisotopic (exact) mass is 383 g/mol. The number of rotatable bonds is 7. The fourth-order valence-corrected chi connectivity index (χ4v) is 2.93. The van der Waals surface area contributed by atoms with Crippen molar-refractivity contribution in [3.8, 4) is 17.6 Å². The molecule has 0 aliphatic carbocycles. The van der Waals surface area contributed by atoms with E-state index < -0.39 is 0 Å². The second-order valence-electron chi connectivity index (χ2n) is 6.95. The molecule has 0 radical (unpaired) electrons. The summed E-state index contributed by atoms with van der Waals surface area (Å²) in [5.74, 6) is 1.37. The summed E-state index contributed by atoms with van der Waals surface area (Å²) in [6.07, 6.45) is 1.87. The van der Waals surface area contributed by atoms with Crippen LogP contribution in [0.25, 0.3) is 11.6 Å². The van der Waals surface area contributed by atoms with Crippen LogP contribution in [0.2, 0.25) is 0 Å². The predicted octanol–water partition coefficient (Wildman–Crippen LogP) is 6.35. The van der Waals surface area contributed by atoms with Crippen molar-refractivity contribution in [1.82, 2.24) is 0 Å². The van der Waals surface area contributed by atoms with Crippen molar-refractivity contribution in [2.45, 2.75) is 27.4 Å². The molecule has 0 saturated carbocycles. The number of nitrogens with zero attached hydrogens (tertiary/aromatic N) is 1. The lowest BCUT2D eigenvalue weighted by Gasteiger charge is -2.13. The van der Waals surface area contributed by atoms with Gasteiger partial charge < -0.3 is 9.47 Å². The fourth-order valence-electron chi connectivity index (χ4n) is 2.93. The average molecular weight is 383 g/mol. The lowest BCUT2D eigenvalue weighted by Crippen LogP contribution is -2.00. The smallest absolute Gasteiger partial charge is 0.161 e. The van der Waals surface area contributed by atoms with E-state index in [1.54, 1.807) is 0 Å². The van der Waals surface area contributed by atoms with Crippen LogP contribution < -0.4 is 9.47 Å². The highest BCUT2D eigenvalue weighted by molar-refractivity contribution is 5.89. The molecule has 0 fully saturated rings. The molecule has 0 saturated heterocycles. The normalized spacial score (nSPS) is 11.0. The molecule has 0 atom stereocenters. The molecule has 29 heavy (non-hydrogen) atoms. The maximum Gasteiger partial charge on any atom is 0.161 e. The van der Waals surface area contributed by atoms with E-state index in [0.717, 1.165) is 16.7 Å². The third-order valence-corrected chi connectivity index (χ3v) is 4.58. The molecule has 0 aliphatic heterocycles. The summed E-state index contributed by atoms with van der Waals surface area (Å²) in [6.45, 7) is 7.05. The second-order valence-corrected chi connectivity index (χ2v) is 6.95. The summed E-state index contributed by atoms with van der Waals surface area (Å²) < 4.78 is 11.8. The number of aryl methyl sites for hydroxylation is 2. The molecule has 0 amide bonds. The van der Waals surface area contributed by atoms with Crippen molar-refractivity contribution < 1.29 is 9.47 Å². The minimum atomic E-state index is 0.475. The van der Waals surface area contributed by atoms with Crippen LogP contribution in [-0.4, -0.2) is 6.61 Å². The molecular weight excluding hydrogens is 358 g/mol. The van der Waals surface area contributed by atoms with Crippen LogP contribution in [0.5, 0.6) is 11.5 Å². The van der Waals surface area contributed by atoms with Crippen LogP contribution in [0.4, 0.5) is 0 Å². The summed E-state index contributed by atoms with van der Waals surface area (Å²) in [5, 5.41) is 9.59. The Labute approximate surface area is 172 Å². The SMILES string of the molecule is CCOc1cc(/C=C(\C#N)c2ccc(C)cc2)ccc1OCc1ccc(C)cc1. The molecule has 3 aromatic rings. The van der Waals surface area contributed by atoms with Crippen molar-refractivity contribution in [1.29, 1.82) is 5.26 Å². The molecule has 3 rings (SSSR count). The first-order valence-electron chi connectivity index (χ1n) is 9.73. The Bertz CT molecular complexity index is 1030. The summed E-state index contributed by atoms with van der Waals surface area (Å²) in [5.41, 5.74) is 5.90. The van der Waals surface area contributed by atoms with E-state index >= 15 is 0 Å². The van der Waals surface area contributed by atoms with Crippen molar-refractivity contribution in [3.63, 3.8) is 0 Å². The highest BCUT2D eigenvalue weighted by Gasteiger charge is 2.08. The molecule has 3 nitrogen and oxygen atoms in total. The lowest BCUT2D eigenvalue weighted by atomic mass is 10.0.